The largest absolute Gasteiger partial charge is 0.413 e. The number of piperidine rings is 1. The van der Waals surface area contributed by atoms with Crippen LogP contribution in [0.5, 0.6) is 0 Å². The molecular formula is C14H24N4O4S. The number of aromatic nitrogens is 2. The lowest BCUT2D eigenvalue weighted by molar-refractivity contribution is 0.186. The molecule has 0 unspecified atom stereocenters. The number of hydrogen-bond acceptors (Lipinski definition) is 6. The first-order chi connectivity index (χ1) is 11.0. The molecule has 23 heavy (non-hydrogen) atoms. The first-order valence-electron chi connectivity index (χ1n) is 8.02. The van der Waals surface area contributed by atoms with E-state index in [1.54, 1.807) is 0 Å². The highest BCUT2D eigenvalue weighted by molar-refractivity contribution is 7.90. The Hall–Kier alpha value is -1.64. The topological polar surface area (TPSA) is 105 Å². The van der Waals surface area contributed by atoms with Crippen molar-refractivity contribution in [2.45, 2.75) is 50.2 Å². The standard InChI is InChI=1S/C14H24N4O4S/c1-23(20,21)14-17-16-12(22-14)8-4-2-5-9-15-13(19)18-10-6-3-7-11-18/h2-11H2,1H3,(H,15,19). The van der Waals surface area contributed by atoms with Crippen molar-refractivity contribution in [1.29, 1.82) is 0 Å². The van der Waals surface area contributed by atoms with Crippen LogP contribution in [0, 0.1) is 0 Å². The van der Waals surface area contributed by atoms with Crippen LogP contribution in [0.15, 0.2) is 9.64 Å². The third kappa shape index (κ3) is 5.81. The number of nitrogens with zero attached hydrogens (tertiary/aromatic N) is 3. The third-order valence-corrected chi connectivity index (χ3v) is 4.55. The number of amides is 2. The fourth-order valence-corrected chi connectivity index (χ4v) is 2.91. The summed E-state index contributed by atoms with van der Waals surface area (Å²) in [7, 11) is -3.43. The first kappa shape index (κ1) is 17.7. The van der Waals surface area contributed by atoms with Gasteiger partial charge in [0, 0.05) is 32.3 Å². The van der Waals surface area contributed by atoms with Gasteiger partial charge >= 0.3 is 11.3 Å². The molecule has 1 N–H and O–H groups in total. The lowest BCUT2D eigenvalue weighted by atomic mass is 10.1. The number of sulfone groups is 1. The Morgan fingerprint density at radius 2 is 1.91 bits per heavy atom. The molecule has 2 rings (SSSR count). The number of carbonyl (C=O) groups excluding carboxylic acids is 1. The number of unbranched alkanes of at least 4 members (excludes halogenated alkanes) is 2. The van der Waals surface area contributed by atoms with Gasteiger partial charge in [-0.1, -0.05) is 11.5 Å². The summed E-state index contributed by atoms with van der Waals surface area (Å²) >= 11 is 0. The molecule has 1 saturated heterocycles. The summed E-state index contributed by atoms with van der Waals surface area (Å²) < 4.78 is 27.5. The molecule has 0 radical (unpaired) electrons. The van der Waals surface area contributed by atoms with Crippen molar-refractivity contribution in [3.63, 3.8) is 0 Å². The van der Waals surface area contributed by atoms with Crippen molar-refractivity contribution < 1.29 is 17.6 Å². The van der Waals surface area contributed by atoms with Crippen molar-refractivity contribution in [3.05, 3.63) is 5.89 Å². The van der Waals surface area contributed by atoms with E-state index in [0.717, 1.165) is 51.4 Å². The highest BCUT2D eigenvalue weighted by Gasteiger charge is 2.16. The first-order valence-corrected chi connectivity index (χ1v) is 9.91. The Morgan fingerprint density at radius 3 is 2.57 bits per heavy atom. The Labute approximate surface area is 136 Å². The maximum absolute atomic E-state index is 11.9. The Morgan fingerprint density at radius 1 is 1.17 bits per heavy atom. The van der Waals surface area contributed by atoms with Gasteiger partial charge in [-0.25, -0.2) is 13.2 Å². The van der Waals surface area contributed by atoms with Crippen LogP contribution in [0.2, 0.25) is 0 Å². The minimum Gasteiger partial charge on any atom is -0.413 e. The monoisotopic (exact) mass is 344 g/mol. The van der Waals surface area contributed by atoms with Crippen molar-refractivity contribution in [3.8, 4) is 0 Å². The second kappa shape index (κ2) is 8.28. The van der Waals surface area contributed by atoms with Crippen LogP contribution in [0.3, 0.4) is 0 Å². The van der Waals surface area contributed by atoms with E-state index in [1.165, 1.54) is 6.42 Å². The molecule has 2 amide bonds. The molecule has 8 nitrogen and oxygen atoms in total. The molecule has 1 fully saturated rings. The lowest BCUT2D eigenvalue weighted by Gasteiger charge is -2.26. The van der Waals surface area contributed by atoms with Crippen LogP contribution in [-0.2, 0) is 16.3 Å². The van der Waals surface area contributed by atoms with E-state index < -0.39 is 9.84 Å². The van der Waals surface area contributed by atoms with Gasteiger partial charge in [-0.05, 0) is 32.1 Å². The molecule has 1 aromatic rings. The van der Waals surface area contributed by atoms with E-state index in [4.69, 9.17) is 4.42 Å². The van der Waals surface area contributed by atoms with E-state index in [2.05, 4.69) is 15.5 Å². The van der Waals surface area contributed by atoms with Gasteiger partial charge in [0.15, 0.2) is 0 Å². The summed E-state index contributed by atoms with van der Waals surface area (Å²) in [6.07, 6.45) is 7.55. The molecule has 2 heterocycles. The average Bonchev–Trinajstić information content (AvgIpc) is 3.00. The molecule has 0 bridgehead atoms. The quantitative estimate of drug-likeness (QED) is 0.749. The zero-order chi connectivity index (χ0) is 16.7. The van der Waals surface area contributed by atoms with Crippen molar-refractivity contribution in [2.75, 3.05) is 25.9 Å². The molecule has 0 aliphatic carbocycles. The second-order valence-electron chi connectivity index (χ2n) is 5.82. The average molecular weight is 344 g/mol. The highest BCUT2D eigenvalue weighted by Crippen LogP contribution is 2.10. The predicted octanol–water partition coefficient (Wildman–Crippen LogP) is 1.38. The summed E-state index contributed by atoms with van der Waals surface area (Å²) in [5.74, 6) is 0.336. The van der Waals surface area contributed by atoms with Crippen LogP contribution < -0.4 is 5.32 Å². The number of likely N-dealkylation sites (tertiary alicyclic amines) is 1. The lowest BCUT2D eigenvalue weighted by Crippen LogP contribution is -2.43. The third-order valence-electron chi connectivity index (χ3n) is 3.75. The molecule has 0 aromatic carbocycles. The molecule has 0 spiro atoms. The van der Waals surface area contributed by atoms with E-state index >= 15 is 0 Å². The zero-order valence-corrected chi connectivity index (χ0v) is 14.3. The van der Waals surface area contributed by atoms with Gasteiger partial charge in [-0.2, -0.15) is 0 Å². The fourth-order valence-electron chi connectivity index (χ4n) is 2.47. The van der Waals surface area contributed by atoms with Crippen molar-refractivity contribution in [1.82, 2.24) is 20.4 Å². The molecule has 1 aliphatic heterocycles. The van der Waals surface area contributed by atoms with Crippen molar-refractivity contribution >= 4 is 15.9 Å². The maximum atomic E-state index is 11.9. The van der Waals surface area contributed by atoms with Gasteiger partial charge in [0.2, 0.25) is 15.7 Å². The van der Waals surface area contributed by atoms with Crippen LogP contribution in [0.25, 0.3) is 0 Å². The summed E-state index contributed by atoms with van der Waals surface area (Å²) in [6, 6.07) is 0.0272. The van der Waals surface area contributed by atoms with Crippen LogP contribution >= 0.6 is 0 Å². The molecule has 9 heteroatoms. The number of nitrogens with one attached hydrogen (secondary N) is 1. The van der Waals surface area contributed by atoms with Crippen LogP contribution in [0.4, 0.5) is 4.79 Å². The minimum atomic E-state index is -3.43. The molecule has 1 aromatic heterocycles. The molecule has 0 atom stereocenters. The Kier molecular flexibility index (Phi) is 6.37. The number of urea groups is 1. The zero-order valence-electron chi connectivity index (χ0n) is 13.5. The Bertz CT molecular complexity index is 608. The van der Waals surface area contributed by atoms with Gasteiger partial charge < -0.3 is 14.6 Å². The van der Waals surface area contributed by atoms with Crippen molar-refractivity contribution in [2.24, 2.45) is 0 Å². The summed E-state index contributed by atoms with van der Waals surface area (Å²) in [5, 5.41) is 9.83. The maximum Gasteiger partial charge on any atom is 0.335 e. The highest BCUT2D eigenvalue weighted by atomic mass is 32.2. The summed E-state index contributed by atoms with van der Waals surface area (Å²) in [6.45, 7) is 2.35. The molecule has 130 valence electrons. The van der Waals surface area contributed by atoms with E-state index in [1.807, 2.05) is 4.90 Å². The van der Waals surface area contributed by atoms with Crippen LogP contribution in [0.1, 0.15) is 44.4 Å². The van der Waals surface area contributed by atoms with Gasteiger partial charge in [-0.15, -0.1) is 5.10 Å². The van der Waals surface area contributed by atoms with Gasteiger partial charge in [0.25, 0.3) is 0 Å². The predicted molar refractivity (Wildman–Crippen MR) is 83.8 cm³/mol. The number of aryl methyl sites for hydroxylation is 1. The summed E-state index contributed by atoms with van der Waals surface area (Å²) in [5.41, 5.74) is 0. The smallest absolute Gasteiger partial charge is 0.335 e. The van der Waals surface area contributed by atoms with Gasteiger partial charge in [0.05, 0.1) is 0 Å². The minimum absolute atomic E-state index is 0.0272. The number of rotatable bonds is 7. The van der Waals surface area contributed by atoms with E-state index in [9.17, 15) is 13.2 Å². The fraction of sp³-hybridized carbons (Fsp3) is 0.786. The summed E-state index contributed by atoms with van der Waals surface area (Å²) in [4.78, 5) is 13.7. The van der Waals surface area contributed by atoms with E-state index in [0.29, 0.717) is 18.9 Å². The number of carbonyl (C=O) groups is 1. The van der Waals surface area contributed by atoms with E-state index in [-0.39, 0.29) is 11.3 Å². The second-order valence-corrected chi connectivity index (χ2v) is 7.72. The molecule has 0 saturated carbocycles. The van der Waals surface area contributed by atoms with Gasteiger partial charge in [-0.3, -0.25) is 0 Å². The number of hydrogen-bond donors (Lipinski definition) is 1. The normalized spacial score (nSPS) is 15.6. The molecule has 1 aliphatic rings. The SMILES string of the molecule is CS(=O)(=O)c1nnc(CCCCCNC(=O)N2CCCCC2)o1. The van der Waals surface area contributed by atoms with Gasteiger partial charge in [0.1, 0.15) is 0 Å². The molecular weight excluding hydrogens is 320 g/mol. The van der Waals surface area contributed by atoms with Crippen LogP contribution in [-0.4, -0.2) is 55.4 Å². The Balaban J connectivity index is 1.57.